The molecule has 1 aromatic carbocycles. The van der Waals surface area contributed by atoms with Crippen LogP contribution in [0.2, 0.25) is 0 Å². The molecule has 1 heterocycles. The average molecular weight is 192 g/mol. The highest BCUT2D eigenvalue weighted by molar-refractivity contribution is 7.99. The molecule has 13 heavy (non-hydrogen) atoms. The first-order valence-corrected chi connectivity index (χ1v) is 5.45. The minimum atomic E-state index is 0.760. The van der Waals surface area contributed by atoms with Crippen molar-refractivity contribution >= 4 is 17.8 Å². The van der Waals surface area contributed by atoms with E-state index in [9.17, 15) is 0 Å². The van der Waals surface area contributed by atoms with Crippen LogP contribution in [0.5, 0.6) is 5.75 Å². The molecular weight excluding hydrogens is 180 g/mol. The molecule has 0 N–H and O–H groups in total. The van der Waals surface area contributed by atoms with Crippen LogP contribution < -0.4 is 4.74 Å². The first-order valence-electron chi connectivity index (χ1n) is 4.46. The molecule has 0 radical (unpaired) electrons. The van der Waals surface area contributed by atoms with Gasteiger partial charge in [0.1, 0.15) is 11.7 Å². The number of hydrogen-bond donors (Lipinski definition) is 0. The van der Waals surface area contributed by atoms with Gasteiger partial charge in [0.15, 0.2) is 0 Å². The van der Waals surface area contributed by atoms with E-state index in [0.29, 0.717) is 0 Å². The molecule has 0 unspecified atom stereocenters. The molecule has 1 aromatic rings. The number of hydrogen-bond acceptors (Lipinski definition) is 2. The Bertz CT molecular complexity index is 331. The Balaban J connectivity index is 2.25. The number of allylic oxidation sites excluding steroid dienone is 1. The Labute approximate surface area is 82.8 Å². The highest BCUT2D eigenvalue weighted by atomic mass is 32.2. The second-order valence-corrected chi connectivity index (χ2v) is 3.89. The molecule has 68 valence electrons. The molecule has 0 saturated heterocycles. The van der Waals surface area contributed by atoms with E-state index in [1.54, 1.807) is 11.8 Å². The zero-order valence-electron chi connectivity index (χ0n) is 7.62. The van der Waals surface area contributed by atoms with Crippen LogP contribution in [0.4, 0.5) is 0 Å². The number of ether oxygens (including phenoxy) is 1. The number of thioether (sulfide) groups is 1. The lowest BCUT2D eigenvalue weighted by Crippen LogP contribution is -1.82. The molecule has 0 amide bonds. The third-order valence-corrected chi connectivity index (χ3v) is 2.83. The fourth-order valence-corrected chi connectivity index (χ4v) is 2.01. The van der Waals surface area contributed by atoms with E-state index in [-0.39, 0.29) is 0 Å². The molecule has 0 spiro atoms. The van der Waals surface area contributed by atoms with Crippen LogP contribution in [0.3, 0.4) is 0 Å². The van der Waals surface area contributed by atoms with Crippen molar-refractivity contribution in [2.45, 2.75) is 18.2 Å². The Morgan fingerprint density at radius 2 is 2.46 bits per heavy atom. The van der Waals surface area contributed by atoms with E-state index in [0.717, 1.165) is 18.1 Å². The molecule has 0 bridgehead atoms. The molecule has 0 aromatic heterocycles. The van der Waals surface area contributed by atoms with Gasteiger partial charge in [-0.15, -0.1) is 0 Å². The highest BCUT2D eigenvalue weighted by Gasteiger charge is 2.11. The van der Waals surface area contributed by atoms with Crippen molar-refractivity contribution in [2.75, 3.05) is 5.94 Å². The number of rotatable bonds is 2. The fourth-order valence-electron chi connectivity index (χ4n) is 1.27. The maximum Gasteiger partial charge on any atom is 0.138 e. The van der Waals surface area contributed by atoms with Crippen LogP contribution >= 0.6 is 11.8 Å². The molecular formula is C11H12OS. The second-order valence-electron chi connectivity index (χ2n) is 2.92. The summed E-state index contributed by atoms with van der Waals surface area (Å²) in [6.45, 7) is 2.14. The summed E-state index contributed by atoms with van der Waals surface area (Å²) in [6.07, 6.45) is 5.36. The van der Waals surface area contributed by atoms with Crippen molar-refractivity contribution in [2.24, 2.45) is 0 Å². The molecule has 0 aliphatic carbocycles. The van der Waals surface area contributed by atoms with E-state index in [1.165, 1.54) is 10.5 Å². The summed E-state index contributed by atoms with van der Waals surface area (Å²) in [5.74, 6) is 1.79. The van der Waals surface area contributed by atoms with Crippen molar-refractivity contribution in [1.82, 2.24) is 0 Å². The van der Waals surface area contributed by atoms with Gasteiger partial charge in [-0.25, -0.2) is 0 Å². The third-order valence-electron chi connectivity index (χ3n) is 1.94. The summed E-state index contributed by atoms with van der Waals surface area (Å²) in [6, 6.07) is 6.36. The van der Waals surface area contributed by atoms with Crippen molar-refractivity contribution < 1.29 is 4.74 Å². The first-order chi connectivity index (χ1) is 6.40. The van der Waals surface area contributed by atoms with Crippen LogP contribution in [0.15, 0.2) is 29.2 Å². The normalized spacial score (nSPS) is 14.5. The molecule has 0 saturated carbocycles. The van der Waals surface area contributed by atoms with E-state index < -0.39 is 0 Å². The lowest BCUT2D eigenvalue weighted by atomic mass is 10.2. The summed E-state index contributed by atoms with van der Waals surface area (Å²) in [5, 5.41) is 0. The Kier molecular flexibility index (Phi) is 2.60. The molecule has 2 rings (SSSR count). The maximum atomic E-state index is 5.45. The zero-order valence-corrected chi connectivity index (χ0v) is 8.43. The highest BCUT2D eigenvalue weighted by Crippen LogP contribution is 2.36. The molecule has 0 atom stereocenters. The molecule has 1 aliphatic heterocycles. The van der Waals surface area contributed by atoms with Gasteiger partial charge in [-0.2, -0.15) is 0 Å². The van der Waals surface area contributed by atoms with Crippen molar-refractivity contribution in [3.05, 3.63) is 29.8 Å². The standard InChI is InChI=1S/C11H12OS/c1-2-3-4-9-5-6-11-10(7-9)12-8-13-11/h3-7H,2,8H2,1H3. The second kappa shape index (κ2) is 3.88. The first kappa shape index (κ1) is 8.70. The lowest BCUT2D eigenvalue weighted by molar-refractivity contribution is 0.397. The summed E-state index contributed by atoms with van der Waals surface area (Å²) in [7, 11) is 0. The molecule has 1 nitrogen and oxygen atoms in total. The Hall–Kier alpha value is -0.890. The van der Waals surface area contributed by atoms with Gasteiger partial charge in [0.25, 0.3) is 0 Å². The van der Waals surface area contributed by atoms with E-state index >= 15 is 0 Å². The van der Waals surface area contributed by atoms with E-state index in [4.69, 9.17) is 4.74 Å². The van der Waals surface area contributed by atoms with Crippen molar-refractivity contribution in [3.63, 3.8) is 0 Å². The van der Waals surface area contributed by atoms with Gasteiger partial charge >= 0.3 is 0 Å². The Morgan fingerprint density at radius 1 is 1.54 bits per heavy atom. The Morgan fingerprint density at radius 3 is 3.31 bits per heavy atom. The third kappa shape index (κ3) is 1.89. The van der Waals surface area contributed by atoms with E-state index in [2.05, 4.69) is 37.3 Å². The fraction of sp³-hybridized carbons (Fsp3) is 0.273. The van der Waals surface area contributed by atoms with Gasteiger partial charge in [-0.05, 0) is 24.1 Å². The molecule has 0 fully saturated rings. The number of benzene rings is 1. The summed E-state index contributed by atoms with van der Waals surface area (Å²) in [4.78, 5) is 1.26. The maximum absolute atomic E-state index is 5.45. The van der Waals surface area contributed by atoms with Gasteiger partial charge in [0.2, 0.25) is 0 Å². The summed E-state index contributed by atoms with van der Waals surface area (Å²) < 4.78 is 5.45. The van der Waals surface area contributed by atoms with E-state index in [1.807, 2.05) is 0 Å². The predicted octanol–water partition coefficient (Wildman–Crippen LogP) is 3.55. The van der Waals surface area contributed by atoms with Gasteiger partial charge in [-0.3, -0.25) is 0 Å². The lowest BCUT2D eigenvalue weighted by Gasteiger charge is -1.98. The molecule has 2 heteroatoms. The quantitative estimate of drug-likeness (QED) is 0.708. The van der Waals surface area contributed by atoms with Crippen LogP contribution in [0.1, 0.15) is 18.9 Å². The van der Waals surface area contributed by atoms with Gasteiger partial charge in [-0.1, -0.05) is 36.9 Å². The largest absolute Gasteiger partial charge is 0.481 e. The van der Waals surface area contributed by atoms with Crippen LogP contribution in [-0.4, -0.2) is 5.94 Å². The number of fused-ring (bicyclic) bond motifs is 1. The predicted molar refractivity (Wildman–Crippen MR) is 57.1 cm³/mol. The van der Waals surface area contributed by atoms with Crippen molar-refractivity contribution in [1.29, 1.82) is 0 Å². The minimum Gasteiger partial charge on any atom is -0.481 e. The summed E-state index contributed by atoms with van der Waals surface area (Å²) in [5.41, 5.74) is 1.23. The van der Waals surface area contributed by atoms with Crippen LogP contribution in [-0.2, 0) is 0 Å². The smallest absolute Gasteiger partial charge is 0.138 e. The SMILES string of the molecule is CCC=Cc1ccc2c(c1)OCS2. The molecule has 1 aliphatic rings. The van der Waals surface area contributed by atoms with Gasteiger partial charge < -0.3 is 4.74 Å². The van der Waals surface area contributed by atoms with Crippen LogP contribution in [0.25, 0.3) is 6.08 Å². The van der Waals surface area contributed by atoms with Gasteiger partial charge in [0.05, 0.1) is 4.90 Å². The van der Waals surface area contributed by atoms with Gasteiger partial charge in [0, 0.05) is 0 Å². The monoisotopic (exact) mass is 192 g/mol. The van der Waals surface area contributed by atoms with Crippen molar-refractivity contribution in [3.8, 4) is 5.75 Å². The minimum absolute atomic E-state index is 0.760. The average Bonchev–Trinajstić information content (AvgIpc) is 2.61. The topological polar surface area (TPSA) is 9.23 Å². The van der Waals surface area contributed by atoms with Crippen LogP contribution in [0, 0.1) is 0 Å². The summed E-state index contributed by atoms with van der Waals surface area (Å²) >= 11 is 1.75. The zero-order chi connectivity index (χ0) is 9.10.